The number of carboxylic acids is 1. The van der Waals surface area contributed by atoms with Gasteiger partial charge in [0.25, 0.3) is 0 Å². The fourth-order valence-electron chi connectivity index (χ4n) is 2.49. The number of carbonyl (C=O) groups is 1. The van der Waals surface area contributed by atoms with Crippen molar-refractivity contribution in [3.8, 4) is 0 Å². The minimum atomic E-state index is -3.03. The topological polar surface area (TPSA) is 87.6 Å². The van der Waals surface area contributed by atoms with Crippen LogP contribution >= 0.6 is 0 Å². The molecular weight excluding hydrogens is 280 g/mol. The number of rotatable bonds is 5. The minimum absolute atomic E-state index is 0.0412. The molecule has 20 heavy (non-hydrogen) atoms. The third kappa shape index (κ3) is 4.01. The van der Waals surface area contributed by atoms with Crippen molar-refractivity contribution >= 4 is 15.8 Å². The van der Waals surface area contributed by atoms with Crippen LogP contribution in [0.3, 0.4) is 0 Å². The zero-order valence-corrected chi connectivity index (χ0v) is 12.1. The number of nitrogens with zero attached hydrogens (tertiary/aromatic N) is 2. The smallest absolute Gasteiger partial charge is 0.317 e. The summed E-state index contributed by atoms with van der Waals surface area (Å²) in [7, 11) is -3.03. The molecule has 0 aromatic carbocycles. The van der Waals surface area contributed by atoms with Gasteiger partial charge in [0.2, 0.25) is 0 Å². The molecule has 1 aliphatic rings. The van der Waals surface area contributed by atoms with Crippen LogP contribution in [0.15, 0.2) is 18.5 Å². The second kappa shape index (κ2) is 5.88. The van der Waals surface area contributed by atoms with Gasteiger partial charge in [0.05, 0.1) is 18.1 Å². The first kappa shape index (κ1) is 14.9. The maximum absolute atomic E-state index is 11.6. The Labute approximate surface area is 118 Å². The molecule has 0 spiro atoms. The average molecular weight is 298 g/mol. The monoisotopic (exact) mass is 298 g/mol. The largest absolute Gasteiger partial charge is 0.480 e. The molecule has 1 aromatic rings. The van der Waals surface area contributed by atoms with Crippen molar-refractivity contribution in [1.29, 1.82) is 0 Å². The summed E-state index contributed by atoms with van der Waals surface area (Å²) in [4.78, 5) is 16.8. The maximum Gasteiger partial charge on any atom is 0.317 e. The molecule has 0 aliphatic carbocycles. The van der Waals surface area contributed by atoms with Gasteiger partial charge in [-0.2, -0.15) is 0 Å². The molecule has 1 aromatic heterocycles. The number of hydrogen-bond donors (Lipinski definition) is 1. The van der Waals surface area contributed by atoms with Crippen molar-refractivity contribution in [2.45, 2.75) is 25.9 Å². The van der Waals surface area contributed by atoms with Gasteiger partial charge in [-0.25, -0.2) is 8.42 Å². The van der Waals surface area contributed by atoms with E-state index in [9.17, 15) is 13.2 Å². The Hall–Kier alpha value is -1.47. The lowest BCUT2D eigenvalue weighted by molar-refractivity contribution is -0.139. The summed E-state index contributed by atoms with van der Waals surface area (Å²) >= 11 is 0. The summed E-state index contributed by atoms with van der Waals surface area (Å²) in [5.74, 6) is -0.769. The second-order valence-electron chi connectivity index (χ2n) is 5.23. The van der Waals surface area contributed by atoms with E-state index in [0.717, 1.165) is 11.1 Å². The minimum Gasteiger partial charge on any atom is -0.480 e. The SMILES string of the molecule is Cc1cncc(CN(CC(=O)O)C2CCS(=O)(=O)C2)c1. The molecule has 0 radical (unpaired) electrons. The second-order valence-corrected chi connectivity index (χ2v) is 7.45. The highest BCUT2D eigenvalue weighted by atomic mass is 32.2. The van der Waals surface area contributed by atoms with Gasteiger partial charge in [-0.05, 0) is 24.5 Å². The van der Waals surface area contributed by atoms with E-state index < -0.39 is 15.8 Å². The van der Waals surface area contributed by atoms with Crippen LogP contribution in [-0.2, 0) is 21.2 Å². The number of aromatic nitrogens is 1. The Balaban J connectivity index is 2.14. The normalized spacial score (nSPS) is 21.2. The van der Waals surface area contributed by atoms with Gasteiger partial charge in [0, 0.05) is 25.0 Å². The van der Waals surface area contributed by atoms with Crippen LogP contribution in [0.1, 0.15) is 17.5 Å². The first-order valence-corrected chi connectivity index (χ1v) is 8.25. The zero-order valence-electron chi connectivity index (χ0n) is 11.3. The summed E-state index contributed by atoms with van der Waals surface area (Å²) in [5, 5.41) is 9.00. The Kier molecular flexibility index (Phi) is 4.39. The van der Waals surface area contributed by atoms with Crippen LogP contribution < -0.4 is 0 Å². The summed E-state index contributed by atoms with van der Waals surface area (Å²) in [5.41, 5.74) is 1.90. The van der Waals surface area contributed by atoms with E-state index in [1.807, 2.05) is 13.0 Å². The number of sulfone groups is 1. The van der Waals surface area contributed by atoms with Crippen molar-refractivity contribution in [3.63, 3.8) is 0 Å². The van der Waals surface area contributed by atoms with Crippen LogP contribution in [-0.4, -0.2) is 53.5 Å². The van der Waals surface area contributed by atoms with E-state index in [2.05, 4.69) is 4.98 Å². The van der Waals surface area contributed by atoms with Crippen molar-refractivity contribution in [2.75, 3.05) is 18.1 Å². The molecule has 1 fully saturated rings. The summed E-state index contributed by atoms with van der Waals surface area (Å²) in [6.07, 6.45) is 3.91. The van der Waals surface area contributed by atoms with E-state index in [-0.39, 0.29) is 24.1 Å². The highest BCUT2D eigenvalue weighted by Gasteiger charge is 2.33. The molecule has 2 heterocycles. The van der Waals surface area contributed by atoms with Crippen LogP contribution in [0.25, 0.3) is 0 Å². The van der Waals surface area contributed by atoms with Crippen molar-refractivity contribution in [2.24, 2.45) is 0 Å². The number of aryl methyl sites for hydroxylation is 1. The third-order valence-corrected chi connectivity index (χ3v) is 5.13. The van der Waals surface area contributed by atoms with Gasteiger partial charge in [-0.3, -0.25) is 14.7 Å². The Bertz CT molecular complexity index is 600. The molecule has 1 unspecified atom stereocenters. The van der Waals surface area contributed by atoms with Gasteiger partial charge in [-0.1, -0.05) is 6.07 Å². The third-order valence-electron chi connectivity index (χ3n) is 3.38. The van der Waals surface area contributed by atoms with E-state index >= 15 is 0 Å². The summed E-state index contributed by atoms with van der Waals surface area (Å²) in [6.45, 7) is 2.16. The molecule has 0 saturated carbocycles. The first-order valence-electron chi connectivity index (χ1n) is 6.42. The molecule has 7 heteroatoms. The van der Waals surface area contributed by atoms with Crippen molar-refractivity contribution < 1.29 is 18.3 Å². The Morgan fingerprint density at radius 2 is 2.25 bits per heavy atom. The predicted octanol–water partition coefficient (Wildman–Crippen LogP) is 0.464. The fraction of sp³-hybridized carbons (Fsp3) is 0.538. The van der Waals surface area contributed by atoms with Gasteiger partial charge in [0.1, 0.15) is 0 Å². The van der Waals surface area contributed by atoms with E-state index in [1.165, 1.54) is 0 Å². The summed E-state index contributed by atoms with van der Waals surface area (Å²) < 4.78 is 23.1. The standard InChI is InChI=1S/C13H18N2O4S/c1-10-4-11(6-14-5-10)7-15(8-13(16)17)12-2-3-20(18,19)9-12/h4-6,12H,2-3,7-9H2,1H3,(H,16,17). The molecule has 2 rings (SSSR count). The molecule has 6 nitrogen and oxygen atoms in total. The highest BCUT2D eigenvalue weighted by molar-refractivity contribution is 7.91. The van der Waals surface area contributed by atoms with E-state index in [4.69, 9.17) is 5.11 Å². The lowest BCUT2D eigenvalue weighted by atomic mass is 10.1. The number of aliphatic carboxylic acids is 1. The van der Waals surface area contributed by atoms with Crippen LogP contribution in [0.2, 0.25) is 0 Å². The van der Waals surface area contributed by atoms with Crippen molar-refractivity contribution in [1.82, 2.24) is 9.88 Å². The predicted molar refractivity (Wildman–Crippen MR) is 74.1 cm³/mol. The maximum atomic E-state index is 11.6. The first-order chi connectivity index (χ1) is 9.35. The number of pyridine rings is 1. The number of hydrogen-bond acceptors (Lipinski definition) is 5. The Morgan fingerprint density at radius 3 is 2.80 bits per heavy atom. The molecular formula is C13H18N2O4S. The summed E-state index contributed by atoms with van der Waals surface area (Å²) in [6, 6.07) is 1.71. The van der Waals surface area contributed by atoms with E-state index in [0.29, 0.717) is 13.0 Å². The van der Waals surface area contributed by atoms with Crippen LogP contribution in [0, 0.1) is 6.92 Å². The highest BCUT2D eigenvalue weighted by Crippen LogP contribution is 2.19. The lowest BCUT2D eigenvalue weighted by Crippen LogP contribution is -2.39. The molecule has 1 N–H and O–H groups in total. The molecule has 0 amide bonds. The van der Waals surface area contributed by atoms with Crippen molar-refractivity contribution in [3.05, 3.63) is 29.6 Å². The average Bonchev–Trinajstić information content (AvgIpc) is 2.68. The molecule has 1 aliphatic heterocycles. The quantitative estimate of drug-likeness (QED) is 0.850. The molecule has 1 saturated heterocycles. The molecule has 0 bridgehead atoms. The van der Waals surface area contributed by atoms with Crippen LogP contribution in [0.5, 0.6) is 0 Å². The van der Waals surface area contributed by atoms with Gasteiger partial charge < -0.3 is 5.11 Å². The molecule has 1 atom stereocenters. The van der Waals surface area contributed by atoms with Gasteiger partial charge >= 0.3 is 5.97 Å². The molecule has 110 valence electrons. The van der Waals surface area contributed by atoms with Crippen LogP contribution in [0.4, 0.5) is 0 Å². The fourth-order valence-corrected chi connectivity index (χ4v) is 4.25. The number of carboxylic acid groups (broad SMARTS) is 1. The Morgan fingerprint density at radius 1 is 1.50 bits per heavy atom. The van der Waals surface area contributed by atoms with Gasteiger partial charge in [-0.15, -0.1) is 0 Å². The lowest BCUT2D eigenvalue weighted by Gasteiger charge is -2.26. The van der Waals surface area contributed by atoms with E-state index in [1.54, 1.807) is 17.3 Å². The zero-order chi connectivity index (χ0) is 14.8. The van der Waals surface area contributed by atoms with Gasteiger partial charge in [0.15, 0.2) is 9.84 Å².